The van der Waals surface area contributed by atoms with Crippen LogP contribution in [0.25, 0.3) is 0 Å². The quantitative estimate of drug-likeness (QED) is 0.651. The number of carbonyl (C=O) groups excluding carboxylic acids is 2. The van der Waals surface area contributed by atoms with Crippen molar-refractivity contribution in [3.63, 3.8) is 0 Å². The molecule has 1 atom stereocenters. The van der Waals surface area contributed by atoms with Gasteiger partial charge in [0.2, 0.25) is 11.8 Å². The molecule has 0 saturated heterocycles. The number of rotatable bonds is 8. The molecule has 1 aromatic carbocycles. The summed E-state index contributed by atoms with van der Waals surface area (Å²) in [6, 6.07) is 4.38. The maximum atomic E-state index is 12.1. The second kappa shape index (κ2) is 8.89. The Hall–Kier alpha value is -1.79. The standard InChI is InChI=1S/C16H20Cl2N2O4/c1-3-19-13(21)5-4-6-14(22)20-16(2,15(23)24)10-7-8-11(17)12(18)9-10/h7-9H,3-6H2,1-2H3,(H,19,21)(H,20,22)(H,23,24). The van der Waals surface area contributed by atoms with Gasteiger partial charge in [-0.15, -0.1) is 0 Å². The predicted molar refractivity (Wildman–Crippen MR) is 92.1 cm³/mol. The number of aliphatic carboxylic acids is 1. The van der Waals surface area contributed by atoms with Gasteiger partial charge in [-0.3, -0.25) is 9.59 Å². The van der Waals surface area contributed by atoms with Crippen molar-refractivity contribution in [2.24, 2.45) is 0 Å². The van der Waals surface area contributed by atoms with Crippen LogP contribution in [0.15, 0.2) is 18.2 Å². The van der Waals surface area contributed by atoms with Gasteiger partial charge < -0.3 is 15.7 Å². The van der Waals surface area contributed by atoms with E-state index in [2.05, 4.69) is 10.6 Å². The Morgan fingerprint density at radius 3 is 2.29 bits per heavy atom. The van der Waals surface area contributed by atoms with Crippen LogP contribution in [-0.2, 0) is 19.9 Å². The zero-order valence-corrected chi connectivity index (χ0v) is 15.0. The van der Waals surface area contributed by atoms with Gasteiger partial charge in [-0.2, -0.15) is 0 Å². The Bertz CT molecular complexity index is 637. The number of halogens is 2. The fourth-order valence-corrected chi connectivity index (χ4v) is 2.39. The van der Waals surface area contributed by atoms with Crippen LogP contribution in [0.3, 0.4) is 0 Å². The largest absolute Gasteiger partial charge is 0.479 e. The average molecular weight is 375 g/mol. The summed E-state index contributed by atoms with van der Waals surface area (Å²) in [5.74, 6) is -1.83. The Kier molecular flexibility index (Phi) is 7.51. The molecule has 0 radical (unpaired) electrons. The van der Waals surface area contributed by atoms with E-state index >= 15 is 0 Å². The van der Waals surface area contributed by atoms with Crippen LogP contribution in [0.5, 0.6) is 0 Å². The molecule has 0 spiro atoms. The molecule has 3 N–H and O–H groups in total. The normalized spacial score (nSPS) is 13.0. The lowest BCUT2D eigenvalue weighted by Crippen LogP contribution is -2.49. The maximum Gasteiger partial charge on any atom is 0.333 e. The number of carboxylic acid groups (broad SMARTS) is 1. The van der Waals surface area contributed by atoms with Crippen LogP contribution in [0, 0.1) is 0 Å². The van der Waals surface area contributed by atoms with E-state index in [0.29, 0.717) is 23.6 Å². The fourth-order valence-electron chi connectivity index (χ4n) is 2.09. The highest BCUT2D eigenvalue weighted by Crippen LogP contribution is 2.29. The monoisotopic (exact) mass is 374 g/mol. The topological polar surface area (TPSA) is 95.5 Å². The van der Waals surface area contributed by atoms with E-state index < -0.39 is 17.4 Å². The molecule has 1 rings (SSSR count). The van der Waals surface area contributed by atoms with Crippen molar-refractivity contribution in [2.75, 3.05) is 6.54 Å². The summed E-state index contributed by atoms with van der Waals surface area (Å²) in [5.41, 5.74) is -1.33. The molecule has 0 aliphatic heterocycles. The average Bonchev–Trinajstić information content (AvgIpc) is 2.49. The molecule has 24 heavy (non-hydrogen) atoms. The maximum absolute atomic E-state index is 12.1. The number of hydrogen-bond acceptors (Lipinski definition) is 3. The zero-order chi connectivity index (χ0) is 18.3. The van der Waals surface area contributed by atoms with Crippen molar-refractivity contribution in [1.29, 1.82) is 0 Å². The molecule has 6 nitrogen and oxygen atoms in total. The minimum Gasteiger partial charge on any atom is -0.479 e. The summed E-state index contributed by atoms with van der Waals surface area (Å²) in [4.78, 5) is 35.1. The first-order valence-electron chi connectivity index (χ1n) is 7.47. The highest BCUT2D eigenvalue weighted by Gasteiger charge is 2.37. The fraction of sp³-hybridized carbons (Fsp3) is 0.438. The highest BCUT2D eigenvalue weighted by molar-refractivity contribution is 6.42. The van der Waals surface area contributed by atoms with Crippen LogP contribution in [-0.4, -0.2) is 29.4 Å². The summed E-state index contributed by atoms with van der Waals surface area (Å²) < 4.78 is 0. The molecule has 1 aromatic rings. The molecule has 0 aliphatic rings. The van der Waals surface area contributed by atoms with E-state index in [1.54, 1.807) is 6.92 Å². The number of amides is 2. The van der Waals surface area contributed by atoms with Crippen molar-refractivity contribution in [1.82, 2.24) is 10.6 Å². The van der Waals surface area contributed by atoms with E-state index in [1.165, 1.54) is 25.1 Å². The van der Waals surface area contributed by atoms with Crippen LogP contribution in [0.2, 0.25) is 10.0 Å². The van der Waals surface area contributed by atoms with Gasteiger partial charge in [-0.1, -0.05) is 29.3 Å². The van der Waals surface area contributed by atoms with E-state index in [4.69, 9.17) is 23.2 Å². The minimum atomic E-state index is -1.64. The molecule has 0 bridgehead atoms. The summed E-state index contributed by atoms with van der Waals surface area (Å²) in [7, 11) is 0. The molecular formula is C16H20Cl2N2O4. The van der Waals surface area contributed by atoms with E-state index in [1.807, 2.05) is 0 Å². The lowest BCUT2D eigenvalue weighted by molar-refractivity contribution is -0.147. The Labute approximate surface area is 150 Å². The molecule has 8 heteroatoms. The highest BCUT2D eigenvalue weighted by atomic mass is 35.5. The minimum absolute atomic E-state index is 0.0430. The molecule has 0 saturated carbocycles. The first-order valence-corrected chi connectivity index (χ1v) is 8.23. The number of carboxylic acids is 1. The summed E-state index contributed by atoms with van der Waals surface area (Å²) >= 11 is 11.8. The van der Waals surface area contributed by atoms with Crippen molar-refractivity contribution in [3.8, 4) is 0 Å². The van der Waals surface area contributed by atoms with Gasteiger partial charge in [0.05, 0.1) is 10.0 Å². The summed E-state index contributed by atoms with van der Waals surface area (Å²) in [5, 5.41) is 15.1. The van der Waals surface area contributed by atoms with Gasteiger partial charge in [0, 0.05) is 19.4 Å². The Morgan fingerprint density at radius 2 is 1.75 bits per heavy atom. The third-order valence-electron chi connectivity index (χ3n) is 3.50. The van der Waals surface area contributed by atoms with Gasteiger partial charge in [0.1, 0.15) is 0 Å². The molecule has 0 heterocycles. The van der Waals surface area contributed by atoms with E-state index in [-0.39, 0.29) is 23.8 Å². The van der Waals surface area contributed by atoms with Crippen LogP contribution in [0.4, 0.5) is 0 Å². The summed E-state index contributed by atoms with van der Waals surface area (Å²) in [6.07, 6.45) is 0.577. The predicted octanol–water partition coefficient (Wildman–Crippen LogP) is 2.72. The molecule has 0 fully saturated rings. The van der Waals surface area contributed by atoms with Gasteiger partial charge >= 0.3 is 5.97 Å². The third kappa shape index (κ3) is 5.39. The molecule has 0 aliphatic carbocycles. The van der Waals surface area contributed by atoms with Gasteiger partial charge in [0.15, 0.2) is 5.54 Å². The Morgan fingerprint density at radius 1 is 1.12 bits per heavy atom. The number of nitrogens with one attached hydrogen (secondary N) is 2. The van der Waals surface area contributed by atoms with Crippen molar-refractivity contribution in [2.45, 2.75) is 38.6 Å². The Balaban J connectivity index is 2.78. The second-order valence-corrected chi connectivity index (χ2v) is 6.23. The number of benzene rings is 1. The number of carbonyl (C=O) groups is 3. The second-order valence-electron chi connectivity index (χ2n) is 5.41. The lowest BCUT2D eigenvalue weighted by atomic mass is 9.91. The molecule has 132 valence electrons. The summed E-state index contributed by atoms with van der Waals surface area (Å²) in [6.45, 7) is 3.70. The molecule has 2 amide bonds. The zero-order valence-electron chi connectivity index (χ0n) is 13.5. The van der Waals surface area contributed by atoms with E-state index in [9.17, 15) is 19.5 Å². The molecule has 1 unspecified atom stereocenters. The van der Waals surface area contributed by atoms with Gasteiger partial charge in [-0.05, 0) is 38.0 Å². The van der Waals surface area contributed by atoms with Crippen LogP contribution >= 0.6 is 23.2 Å². The molecular weight excluding hydrogens is 355 g/mol. The van der Waals surface area contributed by atoms with Crippen LogP contribution < -0.4 is 10.6 Å². The van der Waals surface area contributed by atoms with Crippen molar-refractivity contribution in [3.05, 3.63) is 33.8 Å². The smallest absolute Gasteiger partial charge is 0.333 e. The SMILES string of the molecule is CCNC(=O)CCCC(=O)NC(C)(C(=O)O)c1ccc(Cl)c(Cl)c1. The number of hydrogen-bond donors (Lipinski definition) is 3. The van der Waals surface area contributed by atoms with E-state index in [0.717, 1.165) is 0 Å². The van der Waals surface area contributed by atoms with Gasteiger partial charge in [-0.25, -0.2) is 4.79 Å². The first-order chi connectivity index (χ1) is 11.2. The van der Waals surface area contributed by atoms with Crippen molar-refractivity contribution >= 4 is 41.0 Å². The molecule has 0 aromatic heterocycles. The van der Waals surface area contributed by atoms with Gasteiger partial charge in [0.25, 0.3) is 0 Å². The third-order valence-corrected chi connectivity index (χ3v) is 4.23. The van der Waals surface area contributed by atoms with Crippen LogP contribution in [0.1, 0.15) is 38.7 Å². The lowest BCUT2D eigenvalue weighted by Gasteiger charge is -2.27. The van der Waals surface area contributed by atoms with Crippen molar-refractivity contribution < 1.29 is 19.5 Å². The first kappa shape index (κ1) is 20.3.